The van der Waals surface area contributed by atoms with Crippen LogP contribution in [0.3, 0.4) is 0 Å². The molecule has 1 saturated heterocycles. The first-order chi connectivity index (χ1) is 8.95. The Bertz CT molecular complexity index is 547. The fraction of sp³-hybridized carbons (Fsp3) is 0.455. The summed E-state index contributed by atoms with van der Waals surface area (Å²) in [6.07, 6.45) is 0. The second-order valence-corrected chi connectivity index (χ2v) is 7.51. The fourth-order valence-electron chi connectivity index (χ4n) is 1.89. The highest BCUT2D eigenvalue weighted by Gasteiger charge is 2.33. The van der Waals surface area contributed by atoms with Crippen molar-refractivity contribution in [3.63, 3.8) is 0 Å². The van der Waals surface area contributed by atoms with Crippen molar-refractivity contribution < 1.29 is 13.2 Å². The number of nitrogens with zero attached hydrogens (tertiary/aromatic N) is 1. The largest absolute Gasteiger partial charge is 0.378 e. The summed E-state index contributed by atoms with van der Waals surface area (Å²) >= 11 is 15.0. The van der Waals surface area contributed by atoms with E-state index in [0.29, 0.717) is 35.1 Å². The summed E-state index contributed by atoms with van der Waals surface area (Å²) in [4.78, 5) is 0.109. The lowest BCUT2D eigenvalue weighted by Crippen LogP contribution is -2.49. The Morgan fingerprint density at radius 3 is 2.53 bits per heavy atom. The van der Waals surface area contributed by atoms with Crippen LogP contribution in [0.4, 0.5) is 0 Å². The predicted molar refractivity (Wildman–Crippen MR) is 78.8 cm³/mol. The molecule has 1 aromatic carbocycles. The molecule has 0 aromatic heterocycles. The Balaban J connectivity index is 2.40. The first-order valence-corrected chi connectivity index (χ1v) is 8.88. The zero-order valence-electron chi connectivity index (χ0n) is 9.85. The molecule has 1 heterocycles. The van der Waals surface area contributed by atoms with Gasteiger partial charge in [-0.3, -0.25) is 0 Å². The molecule has 0 bridgehead atoms. The normalized spacial score (nSPS) is 21.5. The second-order valence-electron chi connectivity index (χ2n) is 4.10. The molecule has 1 fully saturated rings. The maximum atomic E-state index is 12.6. The van der Waals surface area contributed by atoms with Gasteiger partial charge < -0.3 is 4.74 Å². The molecule has 8 heteroatoms. The van der Waals surface area contributed by atoms with Gasteiger partial charge in [0.2, 0.25) is 10.0 Å². The molecule has 19 heavy (non-hydrogen) atoms. The van der Waals surface area contributed by atoms with E-state index in [1.807, 2.05) is 0 Å². The third kappa shape index (κ3) is 3.43. The summed E-state index contributed by atoms with van der Waals surface area (Å²) in [5.74, 6) is 0. The number of alkyl halides is 1. The lowest BCUT2D eigenvalue weighted by Gasteiger charge is -2.33. The number of halogens is 3. The van der Waals surface area contributed by atoms with Gasteiger partial charge in [-0.25, -0.2) is 8.42 Å². The smallest absolute Gasteiger partial charge is 0.243 e. The van der Waals surface area contributed by atoms with E-state index in [1.54, 1.807) is 0 Å². The molecule has 0 spiro atoms. The highest BCUT2D eigenvalue weighted by molar-refractivity contribution is 9.09. The molecule has 2 rings (SSSR count). The molecular formula is C11H12BrCl2NO3S. The minimum absolute atomic E-state index is 0.109. The summed E-state index contributed by atoms with van der Waals surface area (Å²) in [6, 6.07) is 4.09. The van der Waals surface area contributed by atoms with Crippen LogP contribution in [-0.4, -0.2) is 43.9 Å². The van der Waals surface area contributed by atoms with Crippen LogP contribution in [-0.2, 0) is 14.8 Å². The number of ether oxygens (including phenoxy) is 1. The van der Waals surface area contributed by atoms with Crippen molar-refractivity contribution in [1.82, 2.24) is 4.31 Å². The summed E-state index contributed by atoms with van der Waals surface area (Å²) < 4.78 is 31.9. The van der Waals surface area contributed by atoms with Crippen molar-refractivity contribution in [2.75, 3.05) is 25.1 Å². The zero-order valence-corrected chi connectivity index (χ0v) is 13.8. The van der Waals surface area contributed by atoms with E-state index < -0.39 is 10.0 Å². The monoisotopic (exact) mass is 387 g/mol. The van der Waals surface area contributed by atoms with Gasteiger partial charge in [0.05, 0.1) is 24.2 Å². The molecule has 106 valence electrons. The summed E-state index contributed by atoms with van der Waals surface area (Å²) in [5.41, 5.74) is 0. The van der Waals surface area contributed by atoms with Crippen LogP contribution in [0.5, 0.6) is 0 Å². The Hall–Kier alpha value is 0.150. The van der Waals surface area contributed by atoms with Crippen LogP contribution in [0, 0.1) is 0 Å². The highest BCUT2D eigenvalue weighted by atomic mass is 79.9. The van der Waals surface area contributed by atoms with E-state index in [9.17, 15) is 8.42 Å². The van der Waals surface area contributed by atoms with Crippen molar-refractivity contribution in [2.24, 2.45) is 0 Å². The van der Waals surface area contributed by atoms with E-state index in [2.05, 4.69) is 15.9 Å². The van der Waals surface area contributed by atoms with Crippen molar-refractivity contribution in [3.05, 3.63) is 28.2 Å². The second kappa shape index (κ2) is 6.28. The molecule has 0 saturated carbocycles. The van der Waals surface area contributed by atoms with Crippen LogP contribution in [0.2, 0.25) is 10.0 Å². The average Bonchev–Trinajstić information content (AvgIpc) is 2.37. The molecule has 0 amide bonds. The van der Waals surface area contributed by atoms with Crippen molar-refractivity contribution in [3.8, 4) is 0 Å². The summed E-state index contributed by atoms with van der Waals surface area (Å²) in [6.45, 7) is 1.08. The van der Waals surface area contributed by atoms with Crippen LogP contribution >= 0.6 is 39.1 Å². The topological polar surface area (TPSA) is 46.6 Å². The maximum Gasteiger partial charge on any atom is 0.243 e. The first-order valence-electron chi connectivity index (χ1n) is 5.57. The number of rotatable bonds is 3. The lowest BCUT2D eigenvalue weighted by molar-refractivity contribution is 0.0413. The van der Waals surface area contributed by atoms with Gasteiger partial charge >= 0.3 is 0 Å². The molecule has 1 aromatic rings. The number of benzene rings is 1. The van der Waals surface area contributed by atoms with Crippen LogP contribution < -0.4 is 0 Å². The van der Waals surface area contributed by atoms with Crippen molar-refractivity contribution >= 4 is 49.2 Å². The van der Waals surface area contributed by atoms with Gasteiger partial charge in [-0.15, -0.1) is 0 Å². The van der Waals surface area contributed by atoms with Gasteiger partial charge in [0.25, 0.3) is 0 Å². The highest BCUT2D eigenvalue weighted by Crippen LogP contribution is 2.27. The molecular weight excluding hydrogens is 377 g/mol. The SMILES string of the molecule is O=S(=O)(c1cc(Cl)cc(Cl)c1)N1CCOCC1CBr. The number of morpholine rings is 1. The third-order valence-corrected chi connectivity index (χ3v) is 5.91. The maximum absolute atomic E-state index is 12.6. The minimum atomic E-state index is -3.61. The Kier molecular flexibility index (Phi) is 5.14. The Labute approximate surface area is 130 Å². The van der Waals surface area contributed by atoms with Gasteiger partial charge in [0.15, 0.2) is 0 Å². The van der Waals surface area contributed by atoms with Crippen molar-refractivity contribution in [2.45, 2.75) is 10.9 Å². The van der Waals surface area contributed by atoms with Gasteiger partial charge in [0, 0.05) is 21.9 Å². The van der Waals surface area contributed by atoms with E-state index in [0.717, 1.165) is 0 Å². The summed E-state index contributed by atoms with van der Waals surface area (Å²) in [7, 11) is -3.61. The van der Waals surface area contributed by atoms with Crippen molar-refractivity contribution in [1.29, 1.82) is 0 Å². The number of hydrogen-bond acceptors (Lipinski definition) is 3. The Morgan fingerprint density at radius 2 is 1.95 bits per heavy atom. The fourth-order valence-corrected chi connectivity index (χ4v) is 4.94. The molecule has 0 aliphatic carbocycles. The predicted octanol–water partition coefficient (Wildman–Crippen LogP) is 2.78. The molecule has 1 unspecified atom stereocenters. The van der Waals surface area contributed by atoms with Gasteiger partial charge in [-0.1, -0.05) is 39.1 Å². The van der Waals surface area contributed by atoms with E-state index in [-0.39, 0.29) is 10.9 Å². The van der Waals surface area contributed by atoms with Gasteiger partial charge in [-0.2, -0.15) is 4.31 Å². The molecule has 0 N–H and O–H groups in total. The van der Waals surface area contributed by atoms with Crippen LogP contribution in [0.25, 0.3) is 0 Å². The van der Waals surface area contributed by atoms with Crippen LogP contribution in [0.1, 0.15) is 0 Å². The number of sulfonamides is 1. The van der Waals surface area contributed by atoms with E-state index >= 15 is 0 Å². The molecule has 1 atom stereocenters. The minimum Gasteiger partial charge on any atom is -0.378 e. The van der Waals surface area contributed by atoms with E-state index in [4.69, 9.17) is 27.9 Å². The first kappa shape index (κ1) is 15.5. The molecule has 0 radical (unpaired) electrons. The molecule has 4 nitrogen and oxygen atoms in total. The standard InChI is InChI=1S/C11H12BrCl2NO3S/c12-6-10-7-18-2-1-15(10)19(16,17)11-4-8(13)3-9(14)5-11/h3-5,10H,1-2,6-7H2. The Morgan fingerprint density at radius 1 is 1.32 bits per heavy atom. The lowest BCUT2D eigenvalue weighted by atomic mass is 10.3. The van der Waals surface area contributed by atoms with Crippen LogP contribution in [0.15, 0.2) is 23.1 Å². The zero-order chi connectivity index (χ0) is 14.0. The molecule has 1 aliphatic heterocycles. The van der Waals surface area contributed by atoms with Gasteiger partial charge in [0.1, 0.15) is 0 Å². The van der Waals surface area contributed by atoms with Gasteiger partial charge in [-0.05, 0) is 18.2 Å². The molecule has 1 aliphatic rings. The number of hydrogen-bond donors (Lipinski definition) is 0. The average molecular weight is 389 g/mol. The van der Waals surface area contributed by atoms with E-state index in [1.165, 1.54) is 22.5 Å². The third-order valence-electron chi connectivity index (χ3n) is 2.79. The summed E-state index contributed by atoms with van der Waals surface area (Å²) in [5, 5.41) is 1.12. The quantitative estimate of drug-likeness (QED) is 0.748.